The first kappa shape index (κ1) is 10.2. The number of carbonyl (C=O) groups excluding carboxylic acids is 1. The first-order chi connectivity index (χ1) is 7.15. The van der Waals surface area contributed by atoms with Gasteiger partial charge in [-0.3, -0.25) is 4.79 Å². The largest absolute Gasteiger partial charge is 0.444 e. The predicted octanol–water partition coefficient (Wildman–Crippen LogP) is 2.83. The Balaban J connectivity index is 2.23. The maximum atomic E-state index is 10.8. The maximum Gasteiger partial charge on any atom is 0.263 e. The van der Waals surface area contributed by atoms with Crippen LogP contribution in [0.4, 0.5) is 0 Å². The van der Waals surface area contributed by atoms with E-state index in [0.717, 1.165) is 0 Å². The molecule has 0 radical (unpaired) electrons. The lowest BCUT2D eigenvalue weighted by atomic mass is 10.3. The molecule has 0 atom stereocenters. The van der Waals surface area contributed by atoms with Crippen LogP contribution < -0.4 is 0 Å². The highest BCUT2D eigenvalue weighted by Gasteiger charge is 2.11. The number of carbonyl (C=O) groups is 1. The minimum absolute atomic E-state index is 0.0401. The highest BCUT2D eigenvalue weighted by Crippen LogP contribution is 2.24. The molecule has 78 valence electrons. The molecule has 5 heteroatoms. The van der Waals surface area contributed by atoms with Gasteiger partial charge in [0, 0.05) is 0 Å². The van der Waals surface area contributed by atoms with Gasteiger partial charge in [0.15, 0.2) is 10.4 Å². The molecule has 0 aliphatic heterocycles. The van der Waals surface area contributed by atoms with Crippen molar-refractivity contribution in [2.24, 2.45) is 0 Å². The second-order valence-electron chi connectivity index (χ2n) is 3.11. The Hall–Kier alpha value is -1.36. The van der Waals surface area contributed by atoms with Crippen molar-refractivity contribution in [2.45, 2.75) is 13.3 Å². The van der Waals surface area contributed by atoms with Gasteiger partial charge in [0.05, 0.1) is 12.6 Å². The smallest absolute Gasteiger partial charge is 0.263 e. The highest BCUT2D eigenvalue weighted by atomic mass is 79.9. The number of halogens is 1. The Bertz CT molecular complexity index is 486. The molecule has 0 N–H and O–H groups in total. The number of nitrogens with zero attached hydrogens (tertiary/aromatic N) is 1. The van der Waals surface area contributed by atoms with Gasteiger partial charge in [0.1, 0.15) is 11.5 Å². The van der Waals surface area contributed by atoms with Crippen LogP contribution in [0.25, 0.3) is 11.7 Å². The molecule has 15 heavy (non-hydrogen) atoms. The van der Waals surface area contributed by atoms with Gasteiger partial charge in [-0.1, -0.05) is 0 Å². The second kappa shape index (κ2) is 4.02. The third-order valence-electron chi connectivity index (χ3n) is 1.76. The zero-order valence-electron chi connectivity index (χ0n) is 7.99. The van der Waals surface area contributed by atoms with Crippen LogP contribution >= 0.6 is 15.9 Å². The van der Waals surface area contributed by atoms with Crippen molar-refractivity contribution in [3.05, 3.63) is 28.8 Å². The Morgan fingerprint density at radius 3 is 2.87 bits per heavy atom. The monoisotopic (exact) mass is 269 g/mol. The number of ketones is 1. The van der Waals surface area contributed by atoms with Crippen molar-refractivity contribution >= 4 is 21.7 Å². The van der Waals surface area contributed by atoms with Crippen molar-refractivity contribution in [2.75, 3.05) is 0 Å². The van der Waals surface area contributed by atoms with Gasteiger partial charge in [-0.05, 0) is 35.0 Å². The van der Waals surface area contributed by atoms with E-state index in [1.807, 2.05) is 0 Å². The van der Waals surface area contributed by atoms with Crippen LogP contribution in [0.15, 0.2) is 31.8 Å². The minimum Gasteiger partial charge on any atom is -0.444 e. The summed E-state index contributed by atoms with van der Waals surface area (Å²) in [7, 11) is 0. The summed E-state index contributed by atoms with van der Waals surface area (Å²) < 4.78 is 11.2. The van der Waals surface area contributed by atoms with Crippen LogP contribution in [0.5, 0.6) is 0 Å². The van der Waals surface area contributed by atoms with E-state index in [1.165, 1.54) is 13.1 Å². The van der Waals surface area contributed by atoms with Gasteiger partial charge >= 0.3 is 0 Å². The fourth-order valence-corrected chi connectivity index (χ4v) is 1.48. The zero-order valence-corrected chi connectivity index (χ0v) is 9.58. The van der Waals surface area contributed by atoms with Crippen LogP contribution in [0.1, 0.15) is 12.7 Å². The molecule has 0 aliphatic carbocycles. The molecule has 0 bridgehead atoms. The topological polar surface area (TPSA) is 56.2 Å². The average molecular weight is 270 g/mol. The van der Waals surface area contributed by atoms with Gasteiger partial charge < -0.3 is 8.83 Å². The average Bonchev–Trinajstić information content (AvgIpc) is 2.72. The summed E-state index contributed by atoms with van der Waals surface area (Å²) in [4.78, 5) is 14.9. The lowest BCUT2D eigenvalue weighted by molar-refractivity contribution is -0.116. The van der Waals surface area contributed by atoms with Crippen LogP contribution in [-0.2, 0) is 11.2 Å². The van der Waals surface area contributed by atoms with Gasteiger partial charge in [-0.2, -0.15) is 0 Å². The van der Waals surface area contributed by atoms with Crippen LogP contribution in [-0.4, -0.2) is 10.8 Å². The summed E-state index contributed by atoms with van der Waals surface area (Å²) in [6, 6.07) is 3.50. The molecule has 4 nitrogen and oxygen atoms in total. The van der Waals surface area contributed by atoms with Crippen molar-refractivity contribution in [3.63, 3.8) is 0 Å². The summed E-state index contributed by atoms with van der Waals surface area (Å²) in [6.07, 6.45) is 1.79. The quantitative estimate of drug-likeness (QED) is 0.860. The second-order valence-corrected chi connectivity index (χ2v) is 3.90. The number of aromatic nitrogens is 1. The first-order valence-electron chi connectivity index (χ1n) is 4.35. The molecule has 0 saturated carbocycles. The van der Waals surface area contributed by atoms with Crippen LogP contribution in [0.2, 0.25) is 0 Å². The van der Waals surface area contributed by atoms with E-state index in [2.05, 4.69) is 20.9 Å². The number of oxazole rings is 1. The molecule has 0 saturated heterocycles. The summed E-state index contributed by atoms with van der Waals surface area (Å²) >= 11 is 3.19. The van der Waals surface area contributed by atoms with E-state index in [-0.39, 0.29) is 12.2 Å². The lowest BCUT2D eigenvalue weighted by Crippen LogP contribution is -1.93. The Labute approximate surface area is 94.4 Å². The molecule has 0 spiro atoms. The summed E-state index contributed by atoms with van der Waals surface area (Å²) in [6.45, 7) is 1.51. The molecular formula is C10H8BrNO3. The van der Waals surface area contributed by atoms with E-state index >= 15 is 0 Å². The zero-order chi connectivity index (χ0) is 10.8. The number of hydrogen-bond acceptors (Lipinski definition) is 4. The van der Waals surface area contributed by atoms with E-state index in [9.17, 15) is 4.79 Å². The highest BCUT2D eigenvalue weighted by molar-refractivity contribution is 9.10. The van der Waals surface area contributed by atoms with Crippen molar-refractivity contribution in [3.8, 4) is 11.7 Å². The number of furan rings is 1. The third-order valence-corrected chi connectivity index (χ3v) is 2.19. The molecule has 2 rings (SSSR count). The van der Waals surface area contributed by atoms with Gasteiger partial charge in [-0.25, -0.2) is 4.98 Å². The molecule has 0 aromatic carbocycles. The molecule has 2 aromatic rings. The summed E-state index contributed by atoms with van der Waals surface area (Å²) in [5.41, 5.74) is 0. The molecular weight excluding hydrogens is 262 g/mol. The maximum absolute atomic E-state index is 10.8. The summed E-state index contributed by atoms with van der Waals surface area (Å²) in [5, 5.41) is 0. The molecule has 0 amide bonds. The standard InChI is InChI=1S/C10H8BrNO3/c1-6(13)4-7-5-12-10(14-7)8-2-3-9(11)15-8/h2-3,5H,4H2,1H3. The minimum atomic E-state index is 0.0401. The molecule has 2 aromatic heterocycles. The Morgan fingerprint density at radius 2 is 2.27 bits per heavy atom. The fourth-order valence-electron chi connectivity index (χ4n) is 1.18. The number of Topliss-reactive ketones (excluding diaryl/α,β-unsaturated/α-hetero) is 1. The van der Waals surface area contributed by atoms with Crippen molar-refractivity contribution < 1.29 is 13.6 Å². The van der Waals surface area contributed by atoms with Crippen molar-refractivity contribution in [1.29, 1.82) is 0 Å². The van der Waals surface area contributed by atoms with Gasteiger partial charge in [0.25, 0.3) is 5.89 Å². The van der Waals surface area contributed by atoms with Crippen LogP contribution in [0.3, 0.4) is 0 Å². The molecule has 0 fully saturated rings. The van der Waals surface area contributed by atoms with E-state index < -0.39 is 0 Å². The molecule has 0 aliphatic rings. The number of hydrogen-bond donors (Lipinski definition) is 0. The van der Waals surface area contributed by atoms with Crippen molar-refractivity contribution in [1.82, 2.24) is 4.98 Å². The SMILES string of the molecule is CC(=O)Cc1cnc(-c2ccc(Br)o2)o1. The van der Waals surface area contributed by atoms with Crippen LogP contribution in [0, 0.1) is 0 Å². The fraction of sp³-hybridized carbons (Fsp3) is 0.200. The van der Waals surface area contributed by atoms with Gasteiger partial charge in [-0.15, -0.1) is 0 Å². The van der Waals surface area contributed by atoms with E-state index in [1.54, 1.807) is 12.1 Å². The normalized spacial score (nSPS) is 10.5. The first-order valence-corrected chi connectivity index (χ1v) is 5.14. The van der Waals surface area contributed by atoms with E-state index in [4.69, 9.17) is 8.83 Å². The van der Waals surface area contributed by atoms with E-state index in [0.29, 0.717) is 22.1 Å². The summed E-state index contributed by atoms with van der Waals surface area (Å²) in [5.74, 6) is 1.51. The Kier molecular flexibility index (Phi) is 2.73. The third kappa shape index (κ3) is 2.36. The number of rotatable bonds is 3. The molecule has 2 heterocycles. The lowest BCUT2D eigenvalue weighted by Gasteiger charge is -1.89. The van der Waals surface area contributed by atoms with Gasteiger partial charge in [0.2, 0.25) is 0 Å². The molecule has 0 unspecified atom stereocenters. The Morgan fingerprint density at radius 1 is 1.47 bits per heavy atom. The predicted molar refractivity (Wildman–Crippen MR) is 56.3 cm³/mol.